The van der Waals surface area contributed by atoms with Crippen LogP contribution in [0.15, 0.2) is 71.4 Å². The minimum Gasteiger partial charge on any atom is -0.392 e. The van der Waals surface area contributed by atoms with Gasteiger partial charge in [-0.05, 0) is 49.3 Å². The smallest absolute Gasteiger partial charge is 0.0716 e. The van der Waals surface area contributed by atoms with E-state index in [4.69, 9.17) is 0 Å². The van der Waals surface area contributed by atoms with Gasteiger partial charge in [0.05, 0.1) is 12.2 Å². The average molecular weight is 326 g/mol. The standard InChI is InChI=1S/C20H26N2O2/c1-13-9-16(10-14(2)22(13)4)12-18-19(23)17(20(18)24)11-15-5-7-21(3)8-6-15/h5-12,17-20,23-24H,1-4H3. The summed E-state index contributed by atoms with van der Waals surface area (Å²) in [7, 11) is 4.00. The summed E-state index contributed by atoms with van der Waals surface area (Å²) < 4.78 is 0. The van der Waals surface area contributed by atoms with Crippen LogP contribution >= 0.6 is 0 Å². The van der Waals surface area contributed by atoms with Crippen molar-refractivity contribution in [3.63, 3.8) is 0 Å². The van der Waals surface area contributed by atoms with E-state index in [-0.39, 0.29) is 11.8 Å². The summed E-state index contributed by atoms with van der Waals surface area (Å²) >= 11 is 0. The summed E-state index contributed by atoms with van der Waals surface area (Å²) in [5, 5.41) is 21.0. The molecular weight excluding hydrogens is 300 g/mol. The van der Waals surface area contributed by atoms with Gasteiger partial charge in [-0.2, -0.15) is 0 Å². The summed E-state index contributed by atoms with van der Waals surface area (Å²) in [6, 6.07) is 0. The molecule has 0 spiro atoms. The molecule has 4 heteroatoms. The summed E-state index contributed by atoms with van der Waals surface area (Å²) in [6.07, 6.45) is 14.9. The van der Waals surface area contributed by atoms with Crippen LogP contribution in [0.3, 0.4) is 0 Å². The SMILES string of the molecule is CC1=CC(=CC2C(O)C(C=C3C=CN(C)C=C3)C2O)C=C(C)N1C. The molecule has 2 unspecified atom stereocenters. The Morgan fingerprint density at radius 3 is 1.79 bits per heavy atom. The van der Waals surface area contributed by atoms with Crippen LogP contribution in [0.2, 0.25) is 0 Å². The van der Waals surface area contributed by atoms with Crippen LogP contribution in [0.5, 0.6) is 0 Å². The number of aliphatic hydroxyl groups is 2. The quantitative estimate of drug-likeness (QED) is 0.819. The van der Waals surface area contributed by atoms with Gasteiger partial charge in [-0.15, -0.1) is 0 Å². The van der Waals surface area contributed by atoms with Crippen LogP contribution in [-0.4, -0.2) is 46.3 Å². The monoisotopic (exact) mass is 326 g/mol. The number of allylic oxidation sites excluding steroid dienone is 8. The Hall–Kier alpha value is -2.04. The van der Waals surface area contributed by atoms with Crippen molar-refractivity contribution in [3.05, 3.63) is 71.4 Å². The third kappa shape index (κ3) is 3.12. The Kier molecular flexibility index (Phi) is 4.52. The number of hydrogen-bond donors (Lipinski definition) is 2. The highest BCUT2D eigenvalue weighted by Gasteiger charge is 2.46. The van der Waals surface area contributed by atoms with Gasteiger partial charge in [0.2, 0.25) is 0 Å². The molecule has 0 radical (unpaired) electrons. The molecule has 3 aliphatic rings. The van der Waals surface area contributed by atoms with Gasteiger partial charge >= 0.3 is 0 Å². The van der Waals surface area contributed by atoms with E-state index < -0.39 is 12.2 Å². The summed E-state index contributed by atoms with van der Waals surface area (Å²) in [6.45, 7) is 4.12. The lowest BCUT2D eigenvalue weighted by atomic mass is 9.67. The molecular formula is C20H26N2O2. The van der Waals surface area contributed by atoms with Crippen molar-refractivity contribution in [1.82, 2.24) is 9.80 Å². The number of hydrogen-bond acceptors (Lipinski definition) is 4. The first-order valence-corrected chi connectivity index (χ1v) is 8.35. The second kappa shape index (κ2) is 6.46. The van der Waals surface area contributed by atoms with Crippen LogP contribution in [-0.2, 0) is 0 Å². The predicted molar refractivity (Wildman–Crippen MR) is 96.5 cm³/mol. The molecule has 4 nitrogen and oxygen atoms in total. The normalized spacial score (nSPS) is 32.4. The first-order valence-electron chi connectivity index (χ1n) is 8.35. The van der Waals surface area contributed by atoms with E-state index in [0.29, 0.717) is 0 Å². The van der Waals surface area contributed by atoms with Gasteiger partial charge in [0, 0.05) is 49.7 Å². The molecule has 2 aliphatic heterocycles. The predicted octanol–water partition coefficient (Wildman–Crippen LogP) is 2.53. The maximum atomic E-state index is 10.5. The van der Waals surface area contributed by atoms with Gasteiger partial charge in [-0.25, -0.2) is 0 Å². The molecule has 0 aromatic heterocycles. The Labute approximate surface area is 144 Å². The molecule has 0 amide bonds. The van der Waals surface area contributed by atoms with Gasteiger partial charge in [-0.1, -0.05) is 12.2 Å². The minimum absolute atomic E-state index is 0.221. The van der Waals surface area contributed by atoms with Crippen molar-refractivity contribution in [1.29, 1.82) is 0 Å². The topological polar surface area (TPSA) is 46.9 Å². The molecule has 1 aliphatic carbocycles. The zero-order chi connectivity index (χ0) is 17.4. The van der Waals surface area contributed by atoms with Crippen molar-refractivity contribution in [3.8, 4) is 0 Å². The Bertz CT molecular complexity index is 648. The van der Waals surface area contributed by atoms with Crippen LogP contribution in [0.25, 0.3) is 0 Å². The number of aliphatic hydroxyl groups excluding tert-OH is 2. The van der Waals surface area contributed by atoms with Gasteiger partial charge in [0.25, 0.3) is 0 Å². The summed E-state index contributed by atoms with van der Waals surface area (Å²) in [5.74, 6) is -0.446. The summed E-state index contributed by atoms with van der Waals surface area (Å²) in [5.41, 5.74) is 4.39. The van der Waals surface area contributed by atoms with Crippen molar-refractivity contribution < 1.29 is 10.2 Å². The fourth-order valence-corrected chi connectivity index (χ4v) is 3.33. The van der Waals surface area contributed by atoms with Gasteiger partial charge in [0.1, 0.15) is 0 Å². The number of rotatable bonds is 2. The second-order valence-electron chi connectivity index (χ2n) is 6.90. The van der Waals surface area contributed by atoms with E-state index in [1.165, 1.54) is 0 Å². The van der Waals surface area contributed by atoms with Gasteiger partial charge < -0.3 is 20.0 Å². The van der Waals surface area contributed by atoms with E-state index in [1.807, 2.05) is 55.7 Å². The maximum Gasteiger partial charge on any atom is 0.0716 e. The lowest BCUT2D eigenvalue weighted by molar-refractivity contribution is -0.110. The van der Waals surface area contributed by atoms with Crippen molar-refractivity contribution in [2.24, 2.45) is 11.8 Å². The van der Waals surface area contributed by atoms with E-state index in [2.05, 4.69) is 30.9 Å². The maximum absolute atomic E-state index is 10.5. The molecule has 0 aromatic rings. The molecule has 0 saturated heterocycles. The van der Waals surface area contributed by atoms with Crippen LogP contribution in [0, 0.1) is 11.8 Å². The van der Waals surface area contributed by atoms with Crippen LogP contribution in [0.1, 0.15) is 13.8 Å². The molecule has 2 heterocycles. The second-order valence-corrected chi connectivity index (χ2v) is 6.90. The average Bonchev–Trinajstić information content (AvgIpc) is 2.56. The first kappa shape index (κ1) is 16.8. The largest absolute Gasteiger partial charge is 0.392 e. The molecule has 2 N–H and O–H groups in total. The van der Waals surface area contributed by atoms with E-state index >= 15 is 0 Å². The lowest BCUT2D eigenvalue weighted by Crippen LogP contribution is -2.53. The molecule has 1 saturated carbocycles. The molecule has 3 rings (SSSR count). The van der Waals surface area contributed by atoms with Crippen molar-refractivity contribution in [2.75, 3.05) is 14.1 Å². The molecule has 0 bridgehead atoms. The zero-order valence-corrected chi connectivity index (χ0v) is 14.7. The van der Waals surface area contributed by atoms with E-state index in [9.17, 15) is 10.2 Å². The molecule has 128 valence electrons. The minimum atomic E-state index is -0.552. The van der Waals surface area contributed by atoms with Crippen molar-refractivity contribution in [2.45, 2.75) is 26.1 Å². The number of nitrogens with zero attached hydrogens (tertiary/aromatic N) is 2. The van der Waals surface area contributed by atoms with Gasteiger partial charge in [0.15, 0.2) is 0 Å². The molecule has 2 atom stereocenters. The van der Waals surface area contributed by atoms with Crippen LogP contribution in [0.4, 0.5) is 0 Å². The Morgan fingerprint density at radius 2 is 1.29 bits per heavy atom. The third-order valence-electron chi connectivity index (χ3n) is 5.16. The fourth-order valence-electron chi connectivity index (χ4n) is 3.33. The van der Waals surface area contributed by atoms with Crippen molar-refractivity contribution >= 4 is 0 Å². The van der Waals surface area contributed by atoms with Crippen LogP contribution < -0.4 is 0 Å². The highest BCUT2D eigenvalue weighted by Crippen LogP contribution is 2.39. The summed E-state index contributed by atoms with van der Waals surface area (Å²) in [4.78, 5) is 4.08. The first-order chi connectivity index (χ1) is 11.4. The third-order valence-corrected chi connectivity index (χ3v) is 5.16. The van der Waals surface area contributed by atoms with Gasteiger partial charge in [-0.3, -0.25) is 0 Å². The molecule has 0 aromatic carbocycles. The van der Waals surface area contributed by atoms with E-state index in [1.54, 1.807) is 0 Å². The van der Waals surface area contributed by atoms with E-state index in [0.717, 1.165) is 22.5 Å². The highest BCUT2D eigenvalue weighted by atomic mass is 16.3. The zero-order valence-electron chi connectivity index (χ0n) is 14.7. The fraction of sp³-hybridized carbons (Fsp3) is 0.400. The lowest BCUT2D eigenvalue weighted by Gasteiger charge is -2.44. The Balaban J connectivity index is 1.73. The molecule has 24 heavy (non-hydrogen) atoms. The molecule has 1 fully saturated rings. The Morgan fingerprint density at radius 1 is 0.833 bits per heavy atom. The highest BCUT2D eigenvalue weighted by molar-refractivity contribution is 5.41.